The fourth-order valence-corrected chi connectivity index (χ4v) is 1.20. The van der Waals surface area contributed by atoms with Crippen molar-refractivity contribution in [3.8, 4) is 0 Å². The molecule has 0 aliphatic heterocycles. The Bertz CT molecular complexity index is 424. The molecule has 1 rings (SSSR count). The minimum atomic E-state index is -7.13. The summed E-state index contributed by atoms with van der Waals surface area (Å²) in [4.78, 5) is 0. The van der Waals surface area contributed by atoms with Gasteiger partial charge in [-0.2, -0.15) is 48.3 Å². The van der Waals surface area contributed by atoms with Crippen molar-refractivity contribution in [3.05, 3.63) is 11.4 Å². The number of rotatable bonds is 2. The number of hydrogen-bond acceptors (Lipinski definition) is 0. The first-order chi connectivity index (χ1) is 8.03. The third kappa shape index (κ3) is 1.64. The van der Waals surface area contributed by atoms with Crippen LogP contribution in [-0.2, 0) is 0 Å². The topological polar surface area (TPSA) is 0 Å². The molecule has 0 unspecified atom stereocenters. The van der Waals surface area contributed by atoms with Crippen molar-refractivity contribution in [2.45, 2.75) is 29.9 Å². The largest absolute Gasteiger partial charge is 0.460 e. The SMILES string of the molecule is FC1=C(C(F)(F)C(F)(F)C(F)(F)F)C(F)(F)C1(F)F. The Hall–Kier alpha value is -1.10. The standard InChI is InChI=1S/C7F12/c8-2-1(3(9,10)5(2,13)14)4(11,12)6(15,16)7(17,18)19. The molecular weight excluding hydrogens is 312 g/mol. The third-order valence-electron chi connectivity index (χ3n) is 2.27. The zero-order chi connectivity index (χ0) is 15.7. The van der Waals surface area contributed by atoms with E-state index in [1.54, 1.807) is 0 Å². The zero-order valence-electron chi connectivity index (χ0n) is 8.04. The highest BCUT2D eigenvalue weighted by atomic mass is 19.4. The molecule has 0 saturated carbocycles. The molecule has 19 heavy (non-hydrogen) atoms. The van der Waals surface area contributed by atoms with Gasteiger partial charge in [0.15, 0.2) is 5.83 Å². The van der Waals surface area contributed by atoms with Gasteiger partial charge in [0.25, 0.3) is 0 Å². The minimum Gasteiger partial charge on any atom is -0.204 e. The molecule has 12 heteroatoms. The summed E-state index contributed by atoms with van der Waals surface area (Å²) in [5, 5.41) is 0. The normalized spacial score (nSPS) is 23.4. The summed E-state index contributed by atoms with van der Waals surface area (Å²) in [5.74, 6) is -29.7. The lowest BCUT2D eigenvalue weighted by Gasteiger charge is -2.42. The van der Waals surface area contributed by atoms with E-state index in [1.807, 2.05) is 0 Å². The molecule has 1 aliphatic carbocycles. The van der Waals surface area contributed by atoms with Gasteiger partial charge in [-0.25, -0.2) is 4.39 Å². The predicted octanol–water partition coefficient (Wildman–Crippen LogP) is 4.33. The van der Waals surface area contributed by atoms with E-state index in [0.29, 0.717) is 0 Å². The van der Waals surface area contributed by atoms with Crippen LogP contribution in [0.4, 0.5) is 52.7 Å². The highest BCUT2D eigenvalue weighted by molar-refractivity contribution is 5.45. The van der Waals surface area contributed by atoms with Crippen molar-refractivity contribution in [1.29, 1.82) is 0 Å². The number of hydrogen-bond donors (Lipinski definition) is 0. The zero-order valence-corrected chi connectivity index (χ0v) is 8.04. The second-order valence-corrected chi connectivity index (χ2v) is 3.48. The third-order valence-corrected chi connectivity index (χ3v) is 2.27. The molecule has 0 aromatic heterocycles. The van der Waals surface area contributed by atoms with Gasteiger partial charge < -0.3 is 0 Å². The van der Waals surface area contributed by atoms with Crippen LogP contribution in [0.2, 0.25) is 0 Å². The molecule has 0 bridgehead atoms. The number of alkyl halides is 11. The minimum absolute atomic E-state index is 3.70. The maximum Gasteiger partial charge on any atom is 0.460 e. The molecule has 0 nitrogen and oxygen atoms in total. The van der Waals surface area contributed by atoms with E-state index in [2.05, 4.69) is 0 Å². The van der Waals surface area contributed by atoms with E-state index in [4.69, 9.17) is 0 Å². The fourth-order valence-electron chi connectivity index (χ4n) is 1.20. The molecule has 0 spiro atoms. The fraction of sp³-hybridized carbons (Fsp3) is 0.714. The lowest BCUT2D eigenvalue weighted by atomic mass is 9.81. The molecule has 0 aromatic carbocycles. The molecule has 0 saturated heterocycles. The van der Waals surface area contributed by atoms with Gasteiger partial charge in [0, 0.05) is 0 Å². The monoisotopic (exact) mass is 312 g/mol. The Kier molecular flexibility index (Phi) is 2.95. The van der Waals surface area contributed by atoms with Crippen molar-refractivity contribution in [3.63, 3.8) is 0 Å². The van der Waals surface area contributed by atoms with Crippen LogP contribution >= 0.6 is 0 Å². The molecule has 0 atom stereocenters. The summed E-state index contributed by atoms with van der Waals surface area (Å²) in [6, 6.07) is 0. The average molecular weight is 312 g/mol. The van der Waals surface area contributed by atoms with Crippen LogP contribution in [0.25, 0.3) is 0 Å². The highest BCUT2D eigenvalue weighted by Gasteiger charge is 2.86. The van der Waals surface area contributed by atoms with Gasteiger partial charge >= 0.3 is 29.9 Å². The molecule has 0 N–H and O–H groups in total. The van der Waals surface area contributed by atoms with Crippen LogP contribution < -0.4 is 0 Å². The van der Waals surface area contributed by atoms with Gasteiger partial charge in [0.1, 0.15) is 5.57 Å². The smallest absolute Gasteiger partial charge is 0.204 e. The van der Waals surface area contributed by atoms with E-state index >= 15 is 0 Å². The molecule has 0 fully saturated rings. The lowest BCUT2D eigenvalue weighted by Crippen LogP contribution is -2.64. The van der Waals surface area contributed by atoms with E-state index in [1.165, 1.54) is 0 Å². The van der Waals surface area contributed by atoms with E-state index in [-0.39, 0.29) is 0 Å². The van der Waals surface area contributed by atoms with Crippen molar-refractivity contribution >= 4 is 0 Å². The Morgan fingerprint density at radius 3 is 1.32 bits per heavy atom. The molecule has 0 heterocycles. The average Bonchev–Trinajstić information content (AvgIpc) is 2.14. The van der Waals surface area contributed by atoms with E-state index in [0.717, 1.165) is 0 Å². The van der Waals surface area contributed by atoms with Crippen LogP contribution in [0.5, 0.6) is 0 Å². The number of halogens is 12. The van der Waals surface area contributed by atoms with Crippen LogP contribution in [0.15, 0.2) is 11.4 Å². The van der Waals surface area contributed by atoms with Gasteiger partial charge in [-0.1, -0.05) is 0 Å². The molecule has 112 valence electrons. The highest BCUT2D eigenvalue weighted by Crippen LogP contribution is 2.64. The molecule has 0 amide bonds. The quantitative estimate of drug-likeness (QED) is 0.666. The Morgan fingerprint density at radius 1 is 0.684 bits per heavy atom. The Labute approximate surface area is 95.2 Å². The molecule has 1 aliphatic rings. The van der Waals surface area contributed by atoms with E-state index < -0.39 is 41.3 Å². The summed E-state index contributed by atoms with van der Waals surface area (Å²) in [6.45, 7) is 0. The Morgan fingerprint density at radius 2 is 1.05 bits per heavy atom. The van der Waals surface area contributed by atoms with Crippen molar-refractivity contribution in [2.24, 2.45) is 0 Å². The second kappa shape index (κ2) is 3.51. The van der Waals surface area contributed by atoms with Crippen molar-refractivity contribution in [2.75, 3.05) is 0 Å². The Balaban J connectivity index is 3.44. The lowest BCUT2D eigenvalue weighted by molar-refractivity contribution is -0.357. The van der Waals surface area contributed by atoms with Crippen LogP contribution in [-0.4, -0.2) is 29.9 Å². The van der Waals surface area contributed by atoms with Gasteiger partial charge in [-0.15, -0.1) is 0 Å². The molecule has 0 aromatic rings. The van der Waals surface area contributed by atoms with Gasteiger partial charge in [-0.05, 0) is 0 Å². The summed E-state index contributed by atoms with van der Waals surface area (Å²) in [5.41, 5.74) is -3.87. The van der Waals surface area contributed by atoms with Crippen LogP contribution in [0, 0.1) is 0 Å². The second-order valence-electron chi connectivity index (χ2n) is 3.48. The van der Waals surface area contributed by atoms with Gasteiger partial charge in [0.05, 0.1) is 0 Å². The molecular formula is C7F12. The first-order valence-corrected chi connectivity index (χ1v) is 4.02. The number of allylic oxidation sites excluding steroid dienone is 2. The van der Waals surface area contributed by atoms with Crippen LogP contribution in [0.1, 0.15) is 0 Å². The predicted molar refractivity (Wildman–Crippen MR) is 34.0 cm³/mol. The van der Waals surface area contributed by atoms with Crippen LogP contribution in [0.3, 0.4) is 0 Å². The maximum absolute atomic E-state index is 12.7. The summed E-state index contributed by atoms with van der Waals surface area (Å²) in [7, 11) is 0. The van der Waals surface area contributed by atoms with Crippen molar-refractivity contribution < 1.29 is 52.7 Å². The van der Waals surface area contributed by atoms with E-state index in [9.17, 15) is 52.7 Å². The first kappa shape index (κ1) is 16.0. The van der Waals surface area contributed by atoms with Crippen molar-refractivity contribution in [1.82, 2.24) is 0 Å². The summed E-state index contributed by atoms with van der Waals surface area (Å²) < 4.78 is 146. The van der Waals surface area contributed by atoms with Gasteiger partial charge in [0.2, 0.25) is 0 Å². The summed E-state index contributed by atoms with van der Waals surface area (Å²) >= 11 is 0. The van der Waals surface area contributed by atoms with Gasteiger partial charge in [-0.3, -0.25) is 0 Å². The molecule has 0 radical (unpaired) electrons. The first-order valence-electron chi connectivity index (χ1n) is 4.02. The summed E-state index contributed by atoms with van der Waals surface area (Å²) in [6.07, 6.45) is -7.04. The maximum atomic E-state index is 12.7.